The van der Waals surface area contributed by atoms with E-state index in [1.54, 1.807) is 11.3 Å². The second-order valence-corrected chi connectivity index (χ2v) is 11.5. The number of allylic oxidation sites excluding steroid dienone is 2. The van der Waals surface area contributed by atoms with E-state index in [4.69, 9.17) is 0 Å². The Labute approximate surface area is 238 Å². The average molecular weight is 547 g/mol. The number of fused-ring (bicyclic) bond motifs is 1. The molecule has 6 nitrogen and oxygen atoms in total. The van der Waals surface area contributed by atoms with Gasteiger partial charge in [0.25, 0.3) is 0 Å². The van der Waals surface area contributed by atoms with Crippen molar-refractivity contribution in [2.24, 2.45) is 5.92 Å². The van der Waals surface area contributed by atoms with Crippen LogP contribution in [0.4, 0.5) is 5.69 Å². The van der Waals surface area contributed by atoms with Crippen LogP contribution in [0.25, 0.3) is 50.6 Å². The summed E-state index contributed by atoms with van der Waals surface area (Å²) in [4.78, 5) is 13.8. The lowest BCUT2D eigenvalue weighted by Crippen LogP contribution is -2.23. The molecule has 0 bridgehead atoms. The van der Waals surface area contributed by atoms with Gasteiger partial charge < -0.3 is 10.3 Å². The molecule has 202 valence electrons. The summed E-state index contributed by atoms with van der Waals surface area (Å²) < 4.78 is 0. The van der Waals surface area contributed by atoms with Gasteiger partial charge in [-0.2, -0.15) is 5.10 Å². The Balaban J connectivity index is 1.30. The van der Waals surface area contributed by atoms with Gasteiger partial charge in [-0.15, -0.1) is 11.3 Å². The first-order valence-electron chi connectivity index (χ1n) is 13.9. The van der Waals surface area contributed by atoms with Crippen LogP contribution >= 0.6 is 11.3 Å². The number of pyridine rings is 2. The Morgan fingerprint density at radius 3 is 2.83 bits per heavy atom. The molecule has 6 rings (SSSR count). The Bertz CT molecular complexity index is 1780. The van der Waals surface area contributed by atoms with E-state index in [9.17, 15) is 0 Å². The zero-order valence-electron chi connectivity index (χ0n) is 22.8. The molecule has 1 aliphatic rings. The highest BCUT2D eigenvalue weighted by Gasteiger charge is 2.16. The van der Waals surface area contributed by atoms with E-state index < -0.39 is 0 Å². The lowest BCUT2D eigenvalue weighted by atomic mass is 9.86. The highest BCUT2D eigenvalue weighted by molar-refractivity contribution is 7.13. The third-order valence-corrected chi connectivity index (χ3v) is 8.61. The minimum absolute atomic E-state index is 0.734. The molecule has 0 atom stereocenters. The quantitative estimate of drug-likeness (QED) is 0.191. The van der Waals surface area contributed by atoms with Crippen molar-refractivity contribution in [1.82, 2.24) is 25.1 Å². The average Bonchev–Trinajstić information content (AvgIpc) is 3.73. The van der Waals surface area contributed by atoms with Gasteiger partial charge >= 0.3 is 0 Å². The fraction of sp³-hybridized carbons (Fsp3) is 0.242. The summed E-state index contributed by atoms with van der Waals surface area (Å²) in [7, 11) is 0. The summed E-state index contributed by atoms with van der Waals surface area (Å²) in [6, 6.07) is 10.5. The van der Waals surface area contributed by atoms with Crippen LogP contribution < -0.4 is 15.9 Å². The fourth-order valence-electron chi connectivity index (χ4n) is 5.67. The maximum Gasteiger partial charge on any atom is 0.138 e. The predicted molar refractivity (Wildman–Crippen MR) is 168 cm³/mol. The van der Waals surface area contributed by atoms with Gasteiger partial charge in [0.15, 0.2) is 0 Å². The van der Waals surface area contributed by atoms with Crippen molar-refractivity contribution in [1.29, 1.82) is 0 Å². The molecule has 0 amide bonds. The standard InChI is InChI=1S/C33H34N6S/c1-4-29-28(15-21(2)24-17-25(20-34-19-24)36-22(3)16-23-9-6-5-7-10-23)32(39-38-29)30-18-27-26(31-11-8-14-40-31)12-13-35-33(27)37-30/h4,8,11-15,17-20,23,36,38H,2-3,5-7,9-10,16H2,1H3,(H,35,37)/b28-15+,29-4+. The van der Waals surface area contributed by atoms with E-state index in [2.05, 4.69) is 85.4 Å². The highest BCUT2D eigenvalue weighted by Crippen LogP contribution is 2.33. The summed E-state index contributed by atoms with van der Waals surface area (Å²) in [5, 5.41) is 16.4. The molecule has 5 aromatic heterocycles. The Kier molecular flexibility index (Phi) is 7.47. The van der Waals surface area contributed by atoms with Crippen LogP contribution in [0, 0.1) is 5.92 Å². The van der Waals surface area contributed by atoms with Crippen LogP contribution in [0.1, 0.15) is 51.0 Å². The minimum atomic E-state index is 0.734. The van der Waals surface area contributed by atoms with Crippen LogP contribution in [0.3, 0.4) is 0 Å². The highest BCUT2D eigenvalue weighted by atomic mass is 32.1. The number of hydrogen-bond acceptors (Lipinski definition) is 5. The first-order valence-corrected chi connectivity index (χ1v) is 14.8. The van der Waals surface area contributed by atoms with Crippen molar-refractivity contribution < 1.29 is 0 Å². The van der Waals surface area contributed by atoms with Crippen LogP contribution in [-0.4, -0.2) is 25.1 Å². The van der Waals surface area contributed by atoms with Gasteiger partial charge in [0.1, 0.15) is 11.3 Å². The molecule has 7 heteroatoms. The van der Waals surface area contributed by atoms with Crippen molar-refractivity contribution in [3.05, 3.63) is 89.3 Å². The van der Waals surface area contributed by atoms with Crippen LogP contribution in [-0.2, 0) is 0 Å². The molecule has 5 heterocycles. The predicted octanol–water partition coefficient (Wildman–Crippen LogP) is 7.27. The molecule has 5 aromatic rings. The molecule has 0 aliphatic heterocycles. The Morgan fingerprint density at radius 1 is 1.15 bits per heavy atom. The van der Waals surface area contributed by atoms with Crippen molar-refractivity contribution in [2.75, 3.05) is 5.32 Å². The number of aromatic nitrogens is 5. The van der Waals surface area contributed by atoms with Gasteiger partial charge in [0.2, 0.25) is 0 Å². The number of aromatic amines is 2. The number of H-pyrrole nitrogens is 2. The summed E-state index contributed by atoms with van der Waals surface area (Å²) in [6.45, 7) is 10.7. The van der Waals surface area contributed by atoms with Gasteiger partial charge in [-0.1, -0.05) is 57.4 Å². The lowest BCUT2D eigenvalue weighted by Gasteiger charge is -2.22. The van der Waals surface area contributed by atoms with E-state index in [1.165, 1.54) is 37.0 Å². The SMILES string of the molecule is C=C(CC1CCCCC1)Nc1cncc(C(=C)/C=c2/c(-c3cc4c(-c5cccs5)ccnc4[nH]3)n[nH]/c2=C/C)c1. The largest absolute Gasteiger partial charge is 0.358 e. The van der Waals surface area contributed by atoms with Gasteiger partial charge in [0.05, 0.1) is 22.9 Å². The molecule has 3 N–H and O–H groups in total. The third kappa shape index (κ3) is 5.42. The lowest BCUT2D eigenvalue weighted by molar-refractivity contribution is 0.357. The van der Waals surface area contributed by atoms with Gasteiger partial charge in [-0.25, -0.2) is 4.98 Å². The third-order valence-electron chi connectivity index (χ3n) is 7.70. The molecular weight excluding hydrogens is 512 g/mol. The van der Waals surface area contributed by atoms with Crippen molar-refractivity contribution in [2.45, 2.75) is 45.4 Å². The normalized spacial score (nSPS) is 15.1. The van der Waals surface area contributed by atoms with Crippen LogP contribution in [0.5, 0.6) is 0 Å². The summed E-state index contributed by atoms with van der Waals surface area (Å²) in [5.74, 6) is 0.734. The van der Waals surface area contributed by atoms with Crippen molar-refractivity contribution in [3.8, 4) is 21.8 Å². The summed E-state index contributed by atoms with van der Waals surface area (Å²) in [5.41, 5.74) is 7.52. The Hall–Kier alpha value is -4.23. The minimum Gasteiger partial charge on any atom is -0.358 e. The molecule has 40 heavy (non-hydrogen) atoms. The zero-order valence-corrected chi connectivity index (χ0v) is 23.7. The second kappa shape index (κ2) is 11.5. The first kappa shape index (κ1) is 26.0. The summed E-state index contributed by atoms with van der Waals surface area (Å²) in [6.07, 6.45) is 17.3. The molecule has 0 aromatic carbocycles. The number of thiophene rings is 1. The second-order valence-electron chi connectivity index (χ2n) is 10.5. The van der Waals surface area contributed by atoms with E-state index in [-0.39, 0.29) is 0 Å². The molecule has 1 aliphatic carbocycles. The van der Waals surface area contributed by atoms with Gasteiger partial charge in [-0.05, 0) is 60.6 Å². The van der Waals surface area contributed by atoms with E-state index in [0.717, 1.165) is 73.4 Å². The first-order chi connectivity index (χ1) is 19.6. The fourth-order valence-corrected chi connectivity index (χ4v) is 6.44. The smallest absolute Gasteiger partial charge is 0.138 e. The molecule has 0 saturated heterocycles. The van der Waals surface area contributed by atoms with Crippen molar-refractivity contribution >= 4 is 45.8 Å². The van der Waals surface area contributed by atoms with Gasteiger partial charge in [-0.3, -0.25) is 10.1 Å². The van der Waals surface area contributed by atoms with Crippen molar-refractivity contribution in [3.63, 3.8) is 0 Å². The summed E-state index contributed by atoms with van der Waals surface area (Å²) >= 11 is 1.72. The number of rotatable bonds is 8. The molecular formula is C33H34N6S. The number of anilines is 1. The van der Waals surface area contributed by atoms with E-state index in [0.29, 0.717) is 0 Å². The zero-order chi connectivity index (χ0) is 27.5. The number of nitrogens with one attached hydrogen (secondary N) is 3. The number of hydrogen-bond donors (Lipinski definition) is 3. The topological polar surface area (TPSA) is 82.3 Å². The maximum absolute atomic E-state index is 4.68. The molecule has 1 fully saturated rings. The maximum atomic E-state index is 4.68. The van der Waals surface area contributed by atoms with Gasteiger partial charge in [0, 0.05) is 44.7 Å². The monoisotopic (exact) mass is 546 g/mol. The number of nitrogens with zero attached hydrogens (tertiary/aromatic N) is 3. The molecule has 0 radical (unpaired) electrons. The van der Waals surface area contributed by atoms with E-state index in [1.807, 2.05) is 31.6 Å². The molecule has 0 spiro atoms. The molecule has 0 unspecified atom stereocenters. The van der Waals surface area contributed by atoms with Crippen LogP contribution in [0.15, 0.2) is 73.2 Å². The van der Waals surface area contributed by atoms with E-state index >= 15 is 0 Å². The van der Waals surface area contributed by atoms with Crippen LogP contribution in [0.2, 0.25) is 0 Å². The molecule has 1 saturated carbocycles. The Morgan fingerprint density at radius 2 is 2.02 bits per heavy atom.